The second-order valence-corrected chi connectivity index (χ2v) is 4.13. The minimum atomic E-state index is -0.906. The van der Waals surface area contributed by atoms with E-state index in [9.17, 15) is 15.3 Å². The minimum Gasteiger partial charge on any atom is -0.396 e. The van der Waals surface area contributed by atoms with Gasteiger partial charge in [-0.1, -0.05) is 0 Å². The van der Waals surface area contributed by atoms with Gasteiger partial charge in [0.25, 0.3) is 0 Å². The maximum Gasteiger partial charge on any atom is 0.103 e. The van der Waals surface area contributed by atoms with Gasteiger partial charge in [0.05, 0.1) is 13.2 Å². The Morgan fingerprint density at radius 1 is 1.38 bits per heavy atom. The van der Waals surface area contributed by atoms with Gasteiger partial charge in [-0.15, -0.1) is 0 Å². The topological polar surface area (TPSA) is 93.3 Å². The molecule has 5 nitrogen and oxygen atoms in total. The molecule has 5 heteroatoms. The predicted molar refractivity (Wildman–Crippen MR) is 60.1 cm³/mol. The molecule has 0 amide bonds. The van der Waals surface area contributed by atoms with E-state index in [-0.39, 0.29) is 19.8 Å². The van der Waals surface area contributed by atoms with Crippen LogP contribution >= 0.6 is 0 Å². The van der Waals surface area contributed by atoms with Gasteiger partial charge in [0, 0.05) is 23.9 Å². The minimum absolute atomic E-state index is 0.0105. The molecule has 0 saturated heterocycles. The van der Waals surface area contributed by atoms with Crippen molar-refractivity contribution in [1.29, 1.82) is 0 Å². The van der Waals surface area contributed by atoms with Crippen molar-refractivity contribution in [1.82, 2.24) is 0 Å². The molecule has 1 heterocycles. The number of aliphatic imine (C=N–C) groups is 1. The Kier molecular flexibility index (Phi) is 4.61. The largest absolute Gasteiger partial charge is 0.396 e. The molecule has 92 valence electrons. The van der Waals surface area contributed by atoms with E-state index in [4.69, 9.17) is 5.11 Å². The Morgan fingerprint density at radius 3 is 2.56 bits per heavy atom. The Labute approximate surface area is 94.8 Å². The van der Waals surface area contributed by atoms with Gasteiger partial charge >= 0.3 is 0 Å². The van der Waals surface area contributed by atoms with Crippen LogP contribution in [0, 0.1) is 5.41 Å². The summed E-state index contributed by atoms with van der Waals surface area (Å²) in [6, 6.07) is 0. The quantitative estimate of drug-likeness (QED) is 0.509. The maximum atomic E-state index is 10.1. The van der Waals surface area contributed by atoms with E-state index in [0.717, 1.165) is 0 Å². The van der Waals surface area contributed by atoms with Gasteiger partial charge in [0.15, 0.2) is 0 Å². The van der Waals surface area contributed by atoms with Crippen LogP contribution in [0.1, 0.15) is 19.8 Å². The summed E-state index contributed by atoms with van der Waals surface area (Å²) in [7, 11) is 0. The standard InChI is InChI=1S/C11H19NO4/c1-8-10(16)11(7-15,3-2-4-13)9(6-14)5-12-8/h5,10,13-16H,2-4,6-7H2,1H3. The molecule has 0 aromatic heterocycles. The van der Waals surface area contributed by atoms with E-state index in [0.29, 0.717) is 24.1 Å². The van der Waals surface area contributed by atoms with Crippen LogP contribution in [0.5, 0.6) is 0 Å². The van der Waals surface area contributed by atoms with Crippen molar-refractivity contribution in [3.63, 3.8) is 0 Å². The fraction of sp³-hybridized carbons (Fsp3) is 0.727. The summed E-state index contributed by atoms with van der Waals surface area (Å²) in [4.78, 5) is 3.99. The van der Waals surface area contributed by atoms with Crippen LogP contribution in [-0.4, -0.2) is 52.1 Å². The molecule has 0 aromatic rings. The smallest absolute Gasteiger partial charge is 0.103 e. The summed E-state index contributed by atoms with van der Waals surface area (Å²) >= 11 is 0. The predicted octanol–water partition coefficient (Wildman–Crippen LogP) is -0.551. The summed E-state index contributed by atoms with van der Waals surface area (Å²) in [6.07, 6.45) is 1.47. The van der Waals surface area contributed by atoms with Crippen LogP contribution in [0.3, 0.4) is 0 Å². The van der Waals surface area contributed by atoms with Gasteiger partial charge in [-0.05, 0) is 25.3 Å². The lowest BCUT2D eigenvalue weighted by Gasteiger charge is -2.40. The van der Waals surface area contributed by atoms with Gasteiger partial charge in [-0.25, -0.2) is 0 Å². The Bertz CT molecular complexity index is 300. The molecular weight excluding hydrogens is 210 g/mol. The summed E-state index contributed by atoms with van der Waals surface area (Å²) in [5, 5.41) is 37.7. The molecular formula is C11H19NO4. The van der Waals surface area contributed by atoms with Crippen molar-refractivity contribution in [3.05, 3.63) is 11.8 Å². The molecule has 0 saturated carbocycles. The summed E-state index contributed by atoms with van der Waals surface area (Å²) in [6.45, 7) is 1.15. The van der Waals surface area contributed by atoms with Crippen LogP contribution in [0.15, 0.2) is 16.8 Å². The lowest BCUT2D eigenvalue weighted by atomic mass is 9.70. The second-order valence-electron chi connectivity index (χ2n) is 4.13. The van der Waals surface area contributed by atoms with Crippen LogP contribution < -0.4 is 0 Å². The van der Waals surface area contributed by atoms with Crippen LogP contribution in [0.2, 0.25) is 0 Å². The van der Waals surface area contributed by atoms with Crippen molar-refractivity contribution in [3.8, 4) is 0 Å². The van der Waals surface area contributed by atoms with Crippen molar-refractivity contribution in [2.45, 2.75) is 25.9 Å². The number of rotatable bonds is 5. The van der Waals surface area contributed by atoms with Gasteiger partial charge in [0.2, 0.25) is 0 Å². The van der Waals surface area contributed by atoms with Crippen LogP contribution in [0.4, 0.5) is 0 Å². The highest BCUT2D eigenvalue weighted by Crippen LogP contribution is 2.39. The fourth-order valence-corrected chi connectivity index (χ4v) is 2.11. The lowest BCUT2D eigenvalue weighted by Crippen LogP contribution is -2.47. The maximum absolute atomic E-state index is 10.1. The molecule has 2 atom stereocenters. The molecule has 4 N–H and O–H groups in total. The Morgan fingerprint density at radius 2 is 2.06 bits per heavy atom. The number of hydrogen-bond acceptors (Lipinski definition) is 5. The molecule has 1 aliphatic heterocycles. The van der Waals surface area contributed by atoms with Crippen molar-refractivity contribution >= 4 is 5.71 Å². The van der Waals surface area contributed by atoms with Gasteiger partial charge in [-0.2, -0.15) is 0 Å². The number of hydrogen-bond donors (Lipinski definition) is 4. The highest BCUT2D eigenvalue weighted by molar-refractivity contribution is 5.89. The molecule has 16 heavy (non-hydrogen) atoms. The zero-order valence-corrected chi connectivity index (χ0v) is 9.43. The summed E-state index contributed by atoms with van der Waals surface area (Å²) < 4.78 is 0. The molecule has 1 rings (SSSR count). The third-order valence-electron chi connectivity index (χ3n) is 3.22. The third-order valence-corrected chi connectivity index (χ3v) is 3.22. The Balaban J connectivity index is 3.03. The molecule has 0 spiro atoms. The fourth-order valence-electron chi connectivity index (χ4n) is 2.11. The van der Waals surface area contributed by atoms with Crippen LogP contribution in [-0.2, 0) is 0 Å². The SMILES string of the molecule is CC1=NC=C(CO)C(CO)(CCCO)C1O. The molecule has 0 fully saturated rings. The first kappa shape index (κ1) is 13.3. The molecule has 0 aliphatic carbocycles. The first-order chi connectivity index (χ1) is 7.62. The van der Waals surface area contributed by atoms with E-state index in [2.05, 4.69) is 4.99 Å². The van der Waals surface area contributed by atoms with Crippen molar-refractivity contribution in [2.24, 2.45) is 10.4 Å². The van der Waals surface area contributed by atoms with E-state index < -0.39 is 11.5 Å². The second kappa shape index (κ2) is 5.54. The first-order valence-electron chi connectivity index (χ1n) is 5.37. The van der Waals surface area contributed by atoms with E-state index in [1.165, 1.54) is 6.20 Å². The first-order valence-corrected chi connectivity index (χ1v) is 5.37. The van der Waals surface area contributed by atoms with Gasteiger partial charge in [0.1, 0.15) is 6.10 Å². The monoisotopic (exact) mass is 229 g/mol. The van der Waals surface area contributed by atoms with Crippen LogP contribution in [0.25, 0.3) is 0 Å². The summed E-state index contributed by atoms with van der Waals surface area (Å²) in [5.41, 5.74) is 0.134. The number of aliphatic hydroxyl groups excluding tert-OH is 4. The van der Waals surface area contributed by atoms with Crippen molar-refractivity contribution < 1.29 is 20.4 Å². The van der Waals surface area contributed by atoms with E-state index >= 15 is 0 Å². The number of nitrogens with zero attached hydrogens (tertiary/aromatic N) is 1. The molecule has 0 bridgehead atoms. The number of aliphatic hydroxyl groups is 4. The third kappa shape index (κ3) is 2.17. The summed E-state index contributed by atoms with van der Waals surface area (Å²) in [5.74, 6) is 0. The normalized spacial score (nSPS) is 29.9. The van der Waals surface area contributed by atoms with Crippen molar-refractivity contribution in [2.75, 3.05) is 19.8 Å². The van der Waals surface area contributed by atoms with E-state index in [1.54, 1.807) is 6.92 Å². The molecule has 0 aromatic carbocycles. The van der Waals surface area contributed by atoms with Gasteiger partial charge < -0.3 is 20.4 Å². The molecule has 1 aliphatic rings. The molecule has 2 unspecified atom stereocenters. The zero-order valence-electron chi connectivity index (χ0n) is 9.43. The average Bonchev–Trinajstić information content (AvgIpc) is 2.31. The molecule has 0 radical (unpaired) electrons. The van der Waals surface area contributed by atoms with Gasteiger partial charge in [-0.3, -0.25) is 4.99 Å². The zero-order chi connectivity index (χ0) is 12.2. The highest BCUT2D eigenvalue weighted by Gasteiger charge is 2.43. The van der Waals surface area contributed by atoms with E-state index in [1.807, 2.05) is 0 Å². The Hall–Kier alpha value is -0.750. The highest BCUT2D eigenvalue weighted by atomic mass is 16.3. The average molecular weight is 229 g/mol. The lowest BCUT2D eigenvalue weighted by molar-refractivity contribution is 0.0273.